The van der Waals surface area contributed by atoms with E-state index in [-0.39, 0.29) is 23.8 Å². The number of carbonyl (C=O) groups is 1. The summed E-state index contributed by atoms with van der Waals surface area (Å²) in [5.74, 6) is -1.28. The van der Waals surface area contributed by atoms with Gasteiger partial charge in [-0.3, -0.25) is 9.10 Å². The highest BCUT2D eigenvalue weighted by atomic mass is 35.5. The first kappa shape index (κ1) is 27.3. The van der Waals surface area contributed by atoms with E-state index < -0.39 is 33.4 Å². The predicted molar refractivity (Wildman–Crippen MR) is 141 cm³/mol. The first-order valence-corrected chi connectivity index (χ1v) is 13.6. The highest BCUT2D eigenvalue weighted by molar-refractivity contribution is 7.92. The maximum atomic E-state index is 15.0. The SMILES string of the molecule is C[C@H](c1ccccc1CCC(=O)NCc1ccco1)N(c1cc(F)ccc1F)S(=O)(=O)c1ccc(Cl)cc1. The molecule has 0 bridgehead atoms. The van der Waals surface area contributed by atoms with Crippen molar-refractivity contribution in [2.75, 3.05) is 4.31 Å². The average molecular weight is 559 g/mol. The fourth-order valence-corrected chi connectivity index (χ4v) is 5.91. The third kappa shape index (κ3) is 6.23. The van der Waals surface area contributed by atoms with Gasteiger partial charge in [0.2, 0.25) is 5.91 Å². The first-order valence-electron chi connectivity index (χ1n) is 11.8. The van der Waals surface area contributed by atoms with Gasteiger partial charge in [0.15, 0.2) is 0 Å². The number of sulfonamides is 1. The maximum absolute atomic E-state index is 15.0. The van der Waals surface area contributed by atoms with Crippen LogP contribution in [-0.4, -0.2) is 14.3 Å². The number of anilines is 1. The van der Waals surface area contributed by atoms with E-state index in [1.807, 2.05) is 0 Å². The molecule has 10 heteroatoms. The fraction of sp³-hybridized carbons (Fsp3) is 0.179. The largest absolute Gasteiger partial charge is 0.467 e. The molecule has 3 aromatic carbocycles. The predicted octanol–water partition coefficient (Wildman–Crippen LogP) is 6.42. The molecule has 4 aromatic rings. The Morgan fingerprint density at radius 1 is 1.03 bits per heavy atom. The summed E-state index contributed by atoms with van der Waals surface area (Å²) in [6.07, 6.45) is 1.94. The Morgan fingerprint density at radius 2 is 1.76 bits per heavy atom. The van der Waals surface area contributed by atoms with Gasteiger partial charge in [0, 0.05) is 17.5 Å². The van der Waals surface area contributed by atoms with Crippen molar-refractivity contribution < 1.29 is 26.4 Å². The number of hydrogen-bond donors (Lipinski definition) is 1. The van der Waals surface area contributed by atoms with Crippen LogP contribution in [0.3, 0.4) is 0 Å². The Morgan fingerprint density at radius 3 is 2.47 bits per heavy atom. The number of hydrogen-bond acceptors (Lipinski definition) is 4. The van der Waals surface area contributed by atoms with Gasteiger partial charge in [-0.05, 0) is 73.0 Å². The second kappa shape index (κ2) is 11.8. The molecule has 1 amide bonds. The van der Waals surface area contributed by atoms with Gasteiger partial charge in [-0.25, -0.2) is 17.2 Å². The van der Waals surface area contributed by atoms with Crippen LogP contribution in [0.4, 0.5) is 14.5 Å². The number of benzene rings is 3. The van der Waals surface area contributed by atoms with E-state index in [2.05, 4.69) is 5.32 Å². The Kier molecular flexibility index (Phi) is 8.48. The zero-order valence-electron chi connectivity index (χ0n) is 20.4. The van der Waals surface area contributed by atoms with Crippen molar-refractivity contribution in [3.05, 3.63) is 119 Å². The van der Waals surface area contributed by atoms with Gasteiger partial charge in [-0.15, -0.1) is 0 Å². The zero-order chi connectivity index (χ0) is 27.3. The molecule has 198 valence electrons. The standard InChI is InChI=1S/C28H25ClF2N2O4S/c1-19(25-7-3-2-5-20(25)8-15-28(34)32-18-23-6-4-16-37-23)33(27-17-22(30)11-14-26(27)31)38(35,36)24-12-9-21(29)10-13-24/h2-7,9-14,16-17,19H,8,15,18H2,1H3,(H,32,34)/t19-/m1/s1. The molecule has 0 fully saturated rings. The van der Waals surface area contributed by atoms with Gasteiger partial charge in [0.1, 0.15) is 17.4 Å². The van der Waals surface area contributed by atoms with Crippen molar-refractivity contribution in [3.8, 4) is 0 Å². The van der Waals surface area contributed by atoms with E-state index >= 15 is 4.39 Å². The van der Waals surface area contributed by atoms with Crippen LogP contribution in [-0.2, 0) is 27.8 Å². The number of aryl methyl sites for hydroxylation is 1. The number of nitrogens with one attached hydrogen (secondary N) is 1. The lowest BCUT2D eigenvalue weighted by molar-refractivity contribution is -0.121. The van der Waals surface area contributed by atoms with Crippen LogP contribution in [0.5, 0.6) is 0 Å². The van der Waals surface area contributed by atoms with Gasteiger partial charge in [-0.1, -0.05) is 35.9 Å². The van der Waals surface area contributed by atoms with Crippen LogP contribution < -0.4 is 9.62 Å². The monoisotopic (exact) mass is 558 g/mol. The third-order valence-electron chi connectivity index (χ3n) is 6.03. The Hall–Kier alpha value is -3.69. The van der Waals surface area contributed by atoms with Gasteiger partial charge in [0.25, 0.3) is 10.0 Å². The minimum atomic E-state index is -4.36. The summed E-state index contributed by atoms with van der Waals surface area (Å²) in [6.45, 7) is 1.84. The molecule has 1 heterocycles. The molecule has 1 atom stereocenters. The first-order chi connectivity index (χ1) is 18.2. The number of amides is 1. The summed E-state index contributed by atoms with van der Waals surface area (Å²) in [6, 6.07) is 17.6. The van der Waals surface area contributed by atoms with E-state index in [0.717, 1.165) is 22.5 Å². The molecule has 0 aliphatic carbocycles. The topological polar surface area (TPSA) is 79.6 Å². The molecule has 0 saturated carbocycles. The smallest absolute Gasteiger partial charge is 0.264 e. The van der Waals surface area contributed by atoms with E-state index in [4.69, 9.17) is 16.0 Å². The normalized spacial score (nSPS) is 12.2. The molecule has 0 spiro atoms. The minimum Gasteiger partial charge on any atom is -0.467 e. The molecule has 6 nitrogen and oxygen atoms in total. The van der Waals surface area contributed by atoms with Crippen LogP contribution in [0.15, 0.2) is 94.4 Å². The second-order valence-corrected chi connectivity index (χ2v) is 10.8. The van der Waals surface area contributed by atoms with Crippen LogP contribution in [0, 0.1) is 11.6 Å². The number of rotatable bonds is 10. The lowest BCUT2D eigenvalue weighted by Gasteiger charge is -2.32. The fourth-order valence-electron chi connectivity index (χ4n) is 4.15. The number of furan rings is 1. The quantitative estimate of drug-likeness (QED) is 0.244. The molecule has 0 aliphatic heterocycles. The molecular weight excluding hydrogens is 534 g/mol. The number of nitrogens with zero attached hydrogens (tertiary/aromatic N) is 1. The highest BCUT2D eigenvalue weighted by Gasteiger charge is 2.33. The Balaban J connectivity index is 1.67. The highest BCUT2D eigenvalue weighted by Crippen LogP contribution is 2.37. The molecule has 38 heavy (non-hydrogen) atoms. The summed E-state index contributed by atoms with van der Waals surface area (Å²) in [7, 11) is -4.36. The summed E-state index contributed by atoms with van der Waals surface area (Å²) in [5.41, 5.74) is 0.812. The van der Waals surface area contributed by atoms with Crippen molar-refractivity contribution in [1.82, 2.24) is 5.32 Å². The van der Waals surface area contributed by atoms with Crippen LogP contribution in [0.2, 0.25) is 5.02 Å². The van der Waals surface area contributed by atoms with Gasteiger partial charge in [0.05, 0.1) is 29.4 Å². The van der Waals surface area contributed by atoms with Crippen molar-refractivity contribution >= 4 is 33.2 Å². The molecule has 0 unspecified atom stereocenters. The molecule has 0 saturated heterocycles. The van der Waals surface area contributed by atoms with Crippen molar-refractivity contribution in [1.29, 1.82) is 0 Å². The summed E-state index contributed by atoms with van der Waals surface area (Å²) >= 11 is 5.94. The number of carbonyl (C=O) groups excluding carboxylic acids is 1. The lowest BCUT2D eigenvalue weighted by Crippen LogP contribution is -2.35. The van der Waals surface area contributed by atoms with Gasteiger partial charge in [-0.2, -0.15) is 0 Å². The van der Waals surface area contributed by atoms with Crippen molar-refractivity contribution in [2.45, 2.75) is 37.2 Å². The molecular formula is C28H25ClF2N2O4S. The Labute approximate surface area is 224 Å². The van der Waals surface area contributed by atoms with E-state index in [0.29, 0.717) is 28.3 Å². The Bertz CT molecular complexity index is 1510. The molecule has 1 N–H and O–H groups in total. The summed E-state index contributed by atoms with van der Waals surface area (Å²) in [4.78, 5) is 12.3. The molecule has 0 radical (unpaired) electrons. The van der Waals surface area contributed by atoms with Gasteiger partial charge < -0.3 is 9.73 Å². The van der Waals surface area contributed by atoms with Crippen molar-refractivity contribution in [2.24, 2.45) is 0 Å². The third-order valence-corrected chi connectivity index (χ3v) is 8.18. The molecule has 1 aromatic heterocycles. The lowest BCUT2D eigenvalue weighted by atomic mass is 9.97. The number of halogens is 3. The summed E-state index contributed by atoms with van der Waals surface area (Å²) < 4.78 is 62.9. The summed E-state index contributed by atoms with van der Waals surface area (Å²) in [5, 5.41) is 3.11. The second-order valence-electron chi connectivity index (χ2n) is 8.58. The van der Waals surface area contributed by atoms with Crippen LogP contribution in [0.25, 0.3) is 0 Å². The molecule has 0 aliphatic rings. The van der Waals surface area contributed by atoms with E-state index in [1.54, 1.807) is 43.3 Å². The average Bonchev–Trinajstić information content (AvgIpc) is 3.42. The molecule has 4 rings (SSSR count). The van der Waals surface area contributed by atoms with E-state index in [1.165, 1.54) is 30.5 Å². The minimum absolute atomic E-state index is 0.128. The van der Waals surface area contributed by atoms with E-state index in [9.17, 15) is 17.6 Å². The zero-order valence-corrected chi connectivity index (χ0v) is 22.0. The van der Waals surface area contributed by atoms with Gasteiger partial charge >= 0.3 is 0 Å². The van der Waals surface area contributed by atoms with Crippen molar-refractivity contribution in [3.63, 3.8) is 0 Å². The maximum Gasteiger partial charge on any atom is 0.264 e. The van der Waals surface area contributed by atoms with Crippen LogP contribution >= 0.6 is 11.6 Å². The van der Waals surface area contributed by atoms with Crippen LogP contribution in [0.1, 0.15) is 36.3 Å².